The molecule has 0 saturated carbocycles. The lowest BCUT2D eigenvalue weighted by Gasteiger charge is -2.12. The smallest absolute Gasteiger partial charge is 0.253 e. The van der Waals surface area contributed by atoms with Crippen LogP contribution in [0.5, 0.6) is 0 Å². The number of hydrogen-bond acceptors (Lipinski definition) is 4. The van der Waals surface area contributed by atoms with E-state index in [0.29, 0.717) is 11.1 Å². The molecule has 100 valence electrons. The fraction of sp³-hybridized carbons (Fsp3) is 0.308. The standard InChI is InChI=1S/C13H14N4O.ClH/c18-13(17-9-4-5-14-8-9)10-2-1-3-11-12(10)16-7-6-15-11;/h1-3,6-7,9,14H,4-5,8H2,(H,17,18);1H. The van der Waals surface area contributed by atoms with Crippen LogP contribution in [-0.4, -0.2) is 35.0 Å². The number of benzene rings is 1. The van der Waals surface area contributed by atoms with Crippen LogP contribution in [-0.2, 0) is 0 Å². The summed E-state index contributed by atoms with van der Waals surface area (Å²) in [5, 5.41) is 6.24. The summed E-state index contributed by atoms with van der Waals surface area (Å²) >= 11 is 0. The first-order valence-electron chi connectivity index (χ1n) is 6.06. The van der Waals surface area contributed by atoms with Crippen LogP contribution in [0.1, 0.15) is 16.8 Å². The molecule has 0 radical (unpaired) electrons. The lowest BCUT2D eigenvalue weighted by Crippen LogP contribution is -2.36. The van der Waals surface area contributed by atoms with Crippen molar-refractivity contribution in [1.29, 1.82) is 0 Å². The number of para-hydroxylation sites is 1. The monoisotopic (exact) mass is 278 g/mol. The van der Waals surface area contributed by atoms with Crippen molar-refractivity contribution in [2.45, 2.75) is 12.5 Å². The molecule has 1 saturated heterocycles. The second-order valence-corrected chi connectivity index (χ2v) is 4.39. The molecule has 1 aromatic carbocycles. The van der Waals surface area contributed by atoms with Crippen molar-refractivity contribution in [2.75, 3.05) is 13.1 Å². The number of halogens is 1. The molecule has 1 atom stereocenters. The normalized spacial score (nSPS) is 18.0. The highest BCUT2D eigenvalue weighted by molar-refractivity contribution is 6.04. The maximum atomic E-state index is 12.2. The van der Waals surface area contributed by atoms with Crippen LogP contribution >= 0.6 is 12.4 Å². The Labute approximate surface area is 117 Å². The molecule has 3 rings (SSSR count). The molecule has 1 aliphatic rings. The Morgan fingerprint density at radius 2 is 2.16 bits per heavy atom. The van der Waals surface area contributed by atoms with E-state index in [9.17, 15) is 4.79 Å². The van der Waals surface area contributed by atoms with Gasteiger partial charge < -0.3 is 10.6 Å². The van der Waals surface area contributed by atoms with Crippen LogP contribution in [0.25, 0.3) is 11.0 Å². The molecule has 1 fully saturated rings. The van der Waals surface area contributed by atoms with Gasteiger partial charge in [0.05, 0.1) is 11.1 Å². The summed E-state index contributed by atoms with van der Waals surface area (Å²) in [5.74, 6) is -0.0743. The largest absolute Gasteiger partial charge is 0.348 e. The van der Waals surface area contributed by atoms with Crippen LogP contribution in [0.2, 0.25) is 0 Å². The van der Waals surface area contributed by atoms with E-state index in [4.69, 9.17) is 0 Å². The number of hydrogen-bond donors (Lipinski definition) is 2. The molecule has 19 heavy (non-hydrogen) atoms. The van der Waals surface area contributed by atoms with Gasteiger partial charge in [-0.25, -0.2) is 0 Å². The summed E-state index contributed by atoms with van der Waals surface area (Å²) in [6.45, 7) is 1.79. The minimum absolute atomic E-state index is 0. The number of nitrogens with one attached hydrogen (secondary N) is 2. The third kappa shape index (κ3) is 2.83. The van der Waals surface area contributed by atoms with Gasteiger partial charge in [-0.15, -0.1) is 12.4 Å². The average Bonchev–Trinajstić information content (AvgIpc) is 2.91. The molecule has 1 unspecified atom stereocenters. The Balaban J connectivity index is 0.00000133. The number of nitrogens with zero attached hydrogens (tertiary/aromatic N) is 2. The van der Waals surface area contributed by atoms with Crippen molar-refractivity contribution in [3.8, 4) is 0 Å². The van der Waals surface area contributed by atoms with Gasteiger partial charge in [-0.2, -0.15) is 0 Å². The quantitative estimate of drug-likeness (QED) is 0.865. The fourth-order valence-corrected chi connectivity index (χ4v) is 2.22. The Morgan fingerprint density at radius 1 is 1.32 bits per heavy atom. The van der Waals surface area contributed by atoms with E-state index in [1.165, 1.54) is 0 Å². The Morgan fingerprint density at radius 3 is 2.95 bits per heavy atom. The van der Waals surface area contributed by atoms with Crippen LogP contribution in [0, 0.1) is 0 Å². The molecular weight excluding hydrogens is 264 g/mol. The van der Waals surface area contributed by atoms with Crippen LogP contribution in [0.3, 0.4) is 0 Å². The number of carbonyl (C=O) groups excluding carboxylic acids is 1. The second-order valence-electron chi connectivity index (χ2n) is 4.39. The van der Waals surface area contributed by atoms with Crippen molar-refractivity contribution < 1.29 is 4.79 Å². The van der Waals surface area contributed by atoms with E-state index in [0.717, 1.165) is 25.0 Å². The van der Waals surface area contributed by atoms with Crippen molar-refractivity contribution in [3.05, 3.63) is 36.2 Å². The zero-order valence-electron chi connectivity index (χ0n) is 10.3. The molecule has 2 aromatic rings. The molecule has 0 spiro atoms. The van der Waals surface area contributed by atoms with Gasteiger partial charge in [0.2, 0.25) is 0 Å². The number of aromatic nitrogens is 2. The Kier molecular flexibility index (Phi) is 4.29. The number of amides is 1. The maximum Gasteiger partial charge on any atom is 0.253 e. The van der Waals surface area contributed by atoms with Gasteiger partial charge in [-0.3, -0.25) is 14.8 Å². The molecule has 0 aliphatic carbocycles. The molecule has 6 heteroatoms. The predicted molar refractivity (Wildman–Crippen MR) is 75.5 cm³/mol. The van der Waals surface area contributed by atoms with Crippen LogP contribution in [0.15, 0.2) is 30.6 Å². The van der Waals surface area contributed by atoms with Gasteiger partial charge in [0, 0.05) is 25.0 Å². The minimum Gasteiger partial charge on any atom is -0.348 e. The summed E-state index contributed by atoms with van der Waals surface area (Å²) in [5.41, 5.74) is 1.99. The first-order valence-corrected chi connectivity index (χ1v) is 6.06. The summed E-state index contributed by atoms with van der Waals surface area (Å²) < 4.78 is 0. The molecule has 0 bridgehead atoms. The zero-order valence-corrected chi connectivity index (χ0v) is 11.1. The summed E-state index contributed by atoms with van der Waals surface area (Å²) in [4.78, 5) is 20.6. The maximum absolute atomic E-state index is 12.2. The molecule has 1 aromatic heterocycles. The summed E-state index contributed by atoms with van der Waals surface area (Å²) in [6.07, 6.45) is 4.21. The van der Waals surface area contributed by atoms with Gasteiger partial charge in [-0.1, -0.05) is 6.07 Å². The van der Waals surface area contributed by atoms with E-state index in [1.807, 2.05) is 12.1 Å². The van der Waals surface area contributed by atoms with Crippen molar-refractivity contribution in [1.82, 2.24) is 20.6 Å². The fourth-order valence-electron chi connectivity index (χ4n) is 2.22. The van der Waals surface area contributed by atoms with Crippen LogP contribution < -0.4 is 10.6 Å². The van der Waals surface area contributed by atoms with E-state index >= 15 is 0 Å². The average molecular weight is 279 g/mol. The summed E-state index contributed by atoms with van der Waals surface area (Å²) in [7, 11) is 0. The topological polar surface area (TPSA) is 66.9 Å². The lowest BCUT2D eigenvalue weighted by atomic mass is 10.1. The van der Waals surface area contributed by atoms with Gasteiger partial charge in [0.15, 0.2) is 0 Å². The first kappa shape index (κ1) is 13.7. The van der Waals surface area contributed by atoms with Gasteiger partial charge in [0.1, 0.15) is 5.52 Å². The highest BCUT2D eigenvalue weighted by Crippen LogP contribution is 2.14. The van der Waals surface area contributed by atoms with E-state index in [1.54, 1.807) is 18.5 Å². The van der Waals surface area contributed by atoms with Crippen molar-refractivity contribution in [3.63, 3.8) is 0 Å². The third-order valence-electron chi connectivity index (χ3n) is 3.14. The van der Waals surface area contributed by atoms with Crippen LogP contribution in [0.4, 0.5) is 0 Å². The second kappa shape index (κ2) is 5.95. The van der Waals surface area contributed by atoms with E-state index in [-0.39, 0.29) is 24.4 Å². The third-order valence-corrected chi connectivity index (χ3v) is 3.14. The van der Waals surface area contributed by atoms with Gasteiger partial charge in [-0.05, 0) is 25.1 Å². The van der Waals surface area contributed by atoms with E-state index in [2.05, 4.69) is 20.6 Å². The predicted octanol–water partition coefficient (Wildman–Crippen LogP) is 1.14. The highest BCUT2D eigenvalue weighted by Gasteiger charge is 2.19. The zero-order chi connectivity index (χ0) is 12.4. The first-order chi connectivity index (χ1) is 8.84. The van der Waals surface area contributed by atoms with E-state index < -0.39 is 0 Å². The number of rotatable bonds is 2. The SMILES string of the molecule is Cl.O=C(NC1CCNC1)c1cccc2nccnc12. The lowest BCUT2D eigenvalue weighted by molar-refractivity contribution is 0.0941. The van der Waals surface area contributed by atoms with Crippen molar-refractivity contribution >= 4 is 29.3 Å². The molecule has 5 nitrogen and oxygen atoms in total. The van der Waals surface area contributed by atoms with Gasteiger partial charge >= 0.3 is 0 Å². The number of carbonyl (C=O) groups is 1. The summed E-state index contributed by atoms with van der Waals surface area (Å²) in [6, 6.07) is 5.69. The van der Waals surface area contributed by atoms with Crippen molar-refractivity contribution in [2.24, 2.45) is 0 Å². The van der Waals surface area contributed by atoms with Gasteiger partial charge in [0.25, 0.3) is 5.91 Å². The highest BCUT2D eigenvalue weighted by atomic mass is 35.5. The molecular formula is C13H15ClN4O. The molecule has 1 amide bonds. The minimum atomic E-state index is -0.0743. The Hall–Kier alpha value is -1.72. The molecule has 2 heterocycles. The molecule has 2 N–H and O–H groups in total. The number of fused-ring (bicyclic) bond motifs is 1. The molecule has 1 aliphatic heterocycles. The Bertz CT molecular complexity index is 578.